The van der Waals surface area contributed by atoms with E-state index >= 15 is 0 Å². The number of nitrogens with zero attached hydrogens (tertiary/aromatic N) is 2. The average Bonchev–Trinajstić information content (AvgIpc) is 3.07. The number of sulfonamides is 1. The van der Waals surface area contributed by atoms with E-state index in [1.54, 1.807) is 54.6 Å². The van der Waals surface area contributed by atoms with Gasteiger partial charge < -0.3 is 15.0 Å². The number of carbonyl (C=O) groups is 2. The fourth-order valence-corrected chi connectivity index (χ4v) is 6.76. The van der Waals surface area contributed by atoms with Crippen LogP contribution in [-0.4, -0.2) is 50.9 Å². The van der Waals surface area contributed by atoms with Crippen molar-refractivity contribution in [3.8, 4) is 5.75 Å². The third-order valence-electron chi connectivity index (χ3n) is 7.85. The molecule has 4 rings (SSSR count). The number of ether oxygens (including phenoxy) is 1. The van der Waals surface area contributed by atoms with E-state index in [4.69, 9.17) is 27.9 Å². The van der Waals surface area contributed by atoms with Gasteiger partial charge in [0.1, 0.15) is 18.3 Å². The van der Waals surface area contributed by atoms with Crippen molar-refractivity contribution in [3.63, 3.8) is 0 Å². The van der Waals surface area contributed by atoms with Crippen LogP contribution in [0.5, 0.6) is 5.75 Å². The molecule has 248 valence electrons. The lowest BCUT2D eigenvalue weighted by atomic mass is 10.0. The van der Waals surface area contributed by atoms with Crippen LogP contribution < -0.4 is 14.4 Å². The Balaban J connectivity index is 1.85. The summed E-state index contributed by atoms with van der Waals surface area (Å²) in [6.07, 6.45) is 0.871. The van der Waals surface area contributed by atoms with Crippen molar-refractivity contribution < 1.29 is 22.7 Å². The lowest BCUT2D eigenvalue weighted by molar-refractivity contribution is -0.140. The summed E-state index contributed by atoms with van der Waals surface area (Å²) in [5.74, 6) is -0.692. The Kier molecular flexibility index (Phi) is 12.3. The molecule has 4 aromatic carbocycles. The molecule has 4 aromatic rings. The molecule has 0 radical (unpaired) electrons. The summed E-state index contributed by atoms with van der Waals surface area (Å²) in [5, 5.41) is 3.66. The van der Waals surface area contributed by atoms with Crippen LogP contribution in [0.15, 0.2) is 102 Å². The Labute approximate surface area is 287 Å². The summed E-state index contributed by atoms with van der Waals surface area (Å²) in [5.41, 5.74) is 2.51. The highest BCUT2D eigenvalue weighted by molar-refractivity contribution is 7.92. The van der Waals surface area contributed by atoms with Gasteiger partial charge in [-0.2, -0.15) is 0 Å². The average molecular weight is 697 g/mol. The SMILES string of the molecule is CC[C@@H](C)NC(=O)[C@@H](Cc1ccccc1)N(Cc1ccc(Cl)c(Cl)c1)C(=O)CN(c1ccccc1OC)S(=O)(=O)c1ccc(C)cc1. The van der Waals surface area contributed by atoms with Gasteiger partial charge in [0.05, 0.1) is 27.7 Å². The number of carbonyl (C=O) groups excluding carboxylic acids is 2. The number of benzene rings is 4. The third-order valence-corrected chi connectivity index (χ3v) is 10.4. The molecule has 11 heteroatoms. The summed E-state index contributed by atoms with van der Waals surface area (Å²) in [6.45, 7) is 5.05. The van der Waals surface area contributed by atoms with Crippen molar-refractivity contribution >= 4 is 50.7 Å². The first-order valence-corrected chi connectivity index (χ1v) is 17.4. The molecule has 0 fully saturated rings. The van der Waals surface area contributed by atoms with E-state index in [1.807, 2.05) is 51.1 Å². The maximum atomic E-state index is 14.6. The van der Waals surface area contributed by atoms with E-state index in [0.717, 1.165) is 15.4 Å². The Morgan fingerprint density at radius 3 is 2.17 bits per heavy atom. The lowest BCUT2D eigenvalue weighted by Crippen LogP contribution is -2.54. The minimum Gasteiger partial charge on any atom is -0.495 e. The summed E-state index contributed by atoms with van der Waals surface area (Å²) in [6, 6.07) is 26.2. The molecular formula is C36H39Cl2N3O5S. The Morgan fingerprint density at radius 2 is 1.53 bits per heavy atom. The van der Waals surface area contributed by atoms with Crippen LogP contribution in [0, 0.1) is 6.92 Å². The van der Waals surface area contributed by atoms with Crippen molar-refractivity contribution in [2.24, 2.45) is 0 Å². The standard InChI is InChI=1S/C36H39Cl2N3O5S/c1-5-26(3)39-36(43)33(22-27-11-7-6-8-12-27)40(23-28-17-20-30(37)31(38)21-28)35(42)24-41(32-13-9-10-14-34(32)46-4)47(44,45)29-18-15-25(2)16-19-29/h6-21,26,33H,5,22-24H2,1-4H3,(H,39,43)/t26-,33-/m1/s1. The highest BCUT2D eigenvalue weighted by Crippen LogP contribution is 2.33. The quantitative estimate of drug-likeness (QED) is 0.152. The number of hydrogen-bond donors (Lipinski definition) is 1. The number of methoxy groups -OCH3 is 1. The number of nitrogens with one attached hydrogen (secondary N) is 1. The van der Waals surface area contributed by atoms with Crippen molar-refractivity contribution in [1.82, 2.24) is 10.2 Å². The van der Waals surface area contributed by atoms with Crippen LogP contribution in [-0.2, 0) is 32.6 Å². The largest absolute Gasteiger partial charge is 0.495 e. The van der Waals surface area contributed by atoms with E-state index in [-0.39, 0.29) is 46.3 Å². The Bertz CT molecular complexity index is 1790. The molecule has 0 aliphatic carbocycles. The molecule has 47 heavy (non-hydrogen) atoms. The van der Waals surface area contributed by atoms with Crippen LogP contribution >= 0.6 is 23.2 Å². The number of rotatable bonds is 14. The van der Waals surface area contributed by atoms with E-state index < -0.39 is 28.5 Å². The van der Waals surface area contributed by atoms with Gasteiger partial charge in [0.25, 0.3) is 10.0 Å². The third kappa shape index (κ3) is 9.06. The second-order valence-electron chi connectivity index (χ2n) is 11.3. The predicted molar refractivity (Wildman–Crippen MR) is 188 cm³/mol. The van der Waals surface area contributed by atoms with Crippen molar-refractivity contribution in [3.05, 3.63) is 124 Å². The number of halogens is 2. The predicted octanol–water partition coefficient (Wildman–Crippen LogP) is 7.06. The van der Waals surface area contributed by atoms with Crippen molar-refractivity contribution in [2.45, 2.75) is 57.1 Å². The van der Waals surface area contributed by atoms with E-state index in [0.29, 0.717) is 17.0 Å². The summed E-state index contributed by atoms with van der Waals surface area (Å²) >= 11 is 12.6. The maximum absolute atomic E-state index is 14.6. The molecule has 0 spiro atoms. The summed E-state index contributed by atoms with van der Waals surface area (Å²) in [4.78, 5) is 30.0. The molecule has 0 aliphatic rings. The molecule has 1 N–H and O–H groups in total. The molecule has 2 amide bonds. The van der Waals surface area contributed by atoms with Gasteiger partial charge in [-0.25, -0.2) is 8.42 Å². The second-order valence-corrected chi connectivity index (χ2v) is 14.0. The smallest absolute Gasteiger partial charge is 0.264 e. The van der Waals surface area contributed by atoms with Crippen LogP contribution in [0.1, 0.15) is 37.0 Å². The number of para-hydroxylation sites is 2. The zero-order valence-corrected chi connectivity index (χ0v) is 29.1. The summed E-state index contributed by atoms with van der Waals surface area (Å²) in [7, 11) is -2.84. The van der Waals surface area contributed by atoms with Gasteiger partial charge in [0.2, 0.25) is 11.8 Å². The number of anilines is 1. The van der Waals surface area contributed by atoms with Gasteiger partial charge in [-0.3, -0.25) is 13.9 Å². The molecule has 0 heterocycles. The first-order chi connectivity index (χ1) is 22.4. The van der Waals surface area contributed by atoms with Crippen LogP contribution in [0.3, 0.4) is 0 Å². The number of hydrogen-bond acceptors (Lipinski definition) is 5. The van der Waals surface area contributed by atoms with Crippen LogP contribution in [0.2, 0.25) is 10.0 Å². The molecule has 0 bridgehead atoms. The zero-order chi connectivity index (χ0) is 34.1. The molecule has 0 aliphatic heterocycles. The number of amides is 2. The molecule has 0 aromatic heterocycles. The molecule has 0 saturated carbocycles. The highest BCUT2D eigenvalue weighted by Gasteiger charge is 2.35. The second kappa shape index (κ2) is 16.2. The fourth-order valence-electron chi connectivity index (χ4n) is 5.02. The minimum absolute atomic E-state index is 0.00758. The van der Waals surface area contributed by atoms with Gasteiger partial charge in [-0.15, -0.1) is 0 Å². The highest BCUT2D eigenvalue weighted by atomic mass is 35.5. The van der Waals surface area contributed by atoms with Gasteiger partial charge in [0.15, 0.2) is 0 Å². The maximum Gasteiger partial charge on any atom is 0.264 e. The van der Waals surface area contributed by atoms with Crippen LogP contribution in [0.25, 0.3) is 0 Å². The topological polar surface area (TPSA) is 96.0 Å². The van der Waals surface area contributed by atoms with Gasteiger partial charge in [-0.1, -0.05) is 96.4 Å². The Morgan fingerprint density at radius 1 is 0.872 bits per heavy atom. The monoisotopic (exact) mass is 695 g/mol. The van der Waals surface area contributed by atoms with E-state index in [2.05, 4.69) is 5.32 Å². The fraction of sp³-hybridized carbons (Fsp3) is 0.278. The first-order valence-electron chi connectivity index (χ1n) is 15.2. The Hall–Kier alpha value is -4.05. The van der Waals surface area contributed by atoms with Gasteiger partial charge in [-0.05, 0) is 67.8 Å². The van der Waals surface area contributed by atoms with E-state index in [9.17, 15) is 18.0 Å². The molecule has 0 unspecified atom stereocenters. The van der Waals surface area contributed by atoms with Gasteiger partial charge >= 0.3 is 0 Å². The van der Waals surface area contributed by atoms with Crippen molar-refractivity contribution in [2.75, 3.05) is 18.0 Å². The lowest BCUT2D eigenvalue weighted by Gasteiger charge is -2.34. The summed E-state index contributed by atoms with van der Waals surface area (Å²) < 4.78 is 35.1. The molecular weight excluding hydrogens is 657 g/mol. The van der Waals surface area contributed by atoms with Gasteiger partial charge in [0, 0.05) is 19.0 Å². The first kappa shape index (κ1) is 35.8. The normalized spacial score (nSPS) is 12.6. The van der Waals surface area contributed by atoms with Crippen LogP contribution in [0.4, 0.5) is 5.69 Å². The molecule has 2 atom stereocenters. The molecule has 0 saturated heterocycles. The van der Waals surface area contributed by atoms with Crippen molar-refractivity contribution in [1.29, 1.82) is 0 Å². The zero-order valence-electron chi connectivity index (χ0n) is 26.8. The van der Waals surface area contributed by atoms with E-state index in [1.165, 1.54) is 24.1 Å². The minimum atomic E-state index is -4.28. The number of aryl methyl sites for hydroxylation is 1. The molecule has 8 nitrogen and oxygen atoms in total.